The van der Waals surface area contributed by atoms with Gasteiger partial charge in [0.2, 0.25) is 11.9 Å². The Hall–Kier alpha value is -3.03. The molecule has 1 unspecified atom stereocenters. The second kappa shape index (κ2) is 7.92. The van der Waals surface area contributed by atoms with Crippen molar-refractivity contribution < 1.29 is 4.79 Å². The number of aryl methyl sites for hydroxylation is 1. The highest BCUT2D eigenvalue weighted by Crippen LogP contribution is 2.28. The molecule has 3 aromatic rings. The van der Waals surface area contributed by atoms with E-state index in [4.69, 9.17) is 0 Å². The van der Waals surface area contributed by atoms with Gasteiger partial charge in [-0.2, -0.15) is 4.98 Å². The van der Waals surface area contributed by atoms with Crippen molar-refractivity contribution in [1.82, 2.24) is 24.7 Å². The largest absolute Gasteiger partial charge is 0.291 e. The summed E-state index contributed by atoms with van der Waals surface area (Å²) >= 11 is 0. The molecular formula is C20H24N6O2. The Labute approximate surface area is 162 Å². The summed E-state index contributed by atoms with van der Waals surface area (Å²) in [5.74, 6) is 1.43. The van der Waals surface area contributed by atoms with Crippen LogP contribution in [0.2, 0.25) is 0 Å². The Morgan fingerprint density at radius 3 is 2.93 bits per heavy atom. The summed E-state index contributed by atoms with van der Waals surface area (Å²) in [6, 6.07) is 6.35. The first-order valence-electron chi connectivity index (χ1n) is 9.80. The molecule has 0 aliphatic heterocycles. The van der Waals surface area contributed by atoms with Gasteiger partial charge in [0, 0.05) is 6.42 Å². The van der Waals surface area contributed by atoms with Gasteiger partial charge in [-0.05, 0) is 31.4 Å². The van der Waals surface area contributed by atoms with Crippen LogP contribution in [0, 0.1) is 5.92 Å². The fourth-order valence-electron chi connectivity index (χ4n) is 3.80. The number of anilines is 1. The third kappa shape index (κ3) is 3.81. The second-order valence-electron chi connectivity index (χ2n) is 7.43. The van der Waals surface area contributed by atoms with Gasteiger partial charge in [0.1, 0.15) is 11.9 Å². The molecule has 2 aromatic heterocycles. The van der Waals surface area contributed by atoms with Crippen LogP contribution < -0.4 is 10.9 Å². The van der Waals surface area contributed by atoms with Crippen LogP contribution in [-0.4, -0.2) is 30.6 Å². The highest BCUT2D eigenvalue weighted by molar-refractivity contribution is 5.92. The Balaban J connectivity index is 1.42. The number of hydrogen-bond donors (Lipinski definition) is 2. The van der Waals surface area contributed by atoms with Crippen LogP contribution in [0.3, 0.4) is 0 Å². The Bertz CT molecular complexity index is 1030. The molecule has 2 heterocycles. The third-order valence-corrected chi connectivity index (χ3v) is 5.52. The van der Waals surface area contributed by atoms with Crippen LogP contribution in [-0.2, 0) is 11.2 Å². The van der Waals surface area contributed by atoms with Crippen molar-refractivity contribution in [1.29, 1.82) is 0 Å². The number of nitrogens with one attached hydrogen (secondary N) is 2. The number of aromatic amines is 1. The number of rotatable bonds is 6. The molecule has 1 aliphatic carbocycles. The Kier molecular flexibility index (Phi) is 5.18. The molecule has 1 atom stereocenters. The number of hydrogen-bond acceptors (Lipinski definition) is 5. The summed E-state index contributed by atoms with van der Waals surface area (Å²) in [4.78, 5) is 33.9. The van der Waals surface area contributed by atoms with E-state index in [1.54, 1.807) is 25.1 Å². The van der Waals surface area contributed by atoms with Gasteiger partial charge in [-0.3, -0.25) is 24.6 Å². The number of carbonyl (C=O) groups is 1. The van der Waals surface area contributed by atoms with Crippen molar-refractivity contribution in [2.24, 2.45) is 5.92 Å². The summed E-state index contributed by atoms with van der Waals surface area (Å²) in [6.07, 6.45) is 8.56. The topological polar surface area (TPSA) is 106 Å². The van der Waals surface area contributed by atoms with Crippen molar-refractivity contribution in [2.45, 2.75) is 51.5 Å². The predicted molar refractivity (Wildman–Crippen MR) is 106 cm³/mol. The van der Waals surface area contributed by atoms with Gasteiger partial charge in [0.25, 0.3) is 5.56 Å². The fourth-order valence-corrected chi connectivity index (χ4v) is 3.80. The van der Waals surface area contributed by atoms with Crippen LogP contribution in [0.15, 0.2) is 35.4 Å². The molecule has 1 aromatic carbocycles. The minimum Gasteiger partial charge on any atom is -0.291 e. The number of aromatic nitrogens is 5. The second-order valence-corrected chi connectivity index (χ2v) is 7.43. The van der Waals surface area contributed by atoms with Crippen LogP contribution in [0.5, 0.6) is 0 Å². The Morgan fingerprint density at radius 2 is 2.11 bits per heavy atom. The average molecular weight is 380 g/mol. The zero-order valence-corrected chi connectivity index (χ0v) is 15.9. The predicted octanol–water partition coefficient (Wildman–Crippen LogP) is 2.84. The fraction of sp³-hybridized carbons (Fsp3) is 0.450. The lowest BCUT2D eigenvalue weighted by Gasteiger charge is -2.13. The molecule has 146 valence electrons. The quantitative estimate of drug-likeness (QED) is 0.684. The monoisotopic (exact) mass is 380 g/mol. The number of H-pyrrole nitrogens is 1. The Morgan fingerprint density at radius 1 is 1.32 bits per heavy atom. The molecule has 1 aliphatic rings. The van der Waals surface area contributed by atoms with Gasteiger partial charge in [-0.1, -0.05) is 37.8 Å². The van der Waals surface area contributed by atoms with Crippen molar-refractivity contribution in [3.8, 4) is 0 Å². The van der Waals surface area contributed by atoms with Gasteiger partial charge in [-0.15, -0.1) is 5.10 Å². The van der Waals surface area contributed by atoms with Gasteiger partial charge in [0.05, 0.1) is 17.2 Å². The molecule has 8 nitrogen and oxygen atoms in total. The van der Waals surface area contributed by atoms with Gasteiger partial charge in [-0.25, -0.2) is 4.98 Å². The molecule has 0 bridgehead atoms. The van der Waals surface area contributed by atoms with E-state index in [2.05, 4.69) is 25.5 Å². The maximum absolute atomic E-state index is 12.6. The zero-order valence-electron chi connectivity index (χ0n) is 15.9. The summed E-state index contributed by atoms with van der Waals surface area (Å²) in [6.45, 7) is 1.65. The van der Waals surface area contributed by atoms with E-state index in [1.165, 1.54) is 36.6 Å². The first kappa shape index (κ1) is 18.3. The molecule has 1 saturated carbocycles. The molecule has 1 fully saturated rings. The number of para-hydroxylation sites is 1. The zero-order chi connectivity index (χ0) is 19.5. The SMILES string of the molecule is CC(C(=O)Nc1n[nH]c(CCC2CCCC2)n1)n1cnc2ccccc2c1=O. The van der Waals surface area contributed by atoms with E-state index in [1.807, 2.05) is 6.07 Å². The molecule has 8 heteroatoms. The van der Waals surface area contributed by atoms with Crippen molar-refractivity contribution in [2.75, 3.05) is 5.32 Å². The lowest BCUT2D eigenvalue weighted by molar-refractivity contribution is -0.118. The van der Waals surface area contributed by atoms with E-state index < -0.39 is 6.04 Å². The summed E-state index contributed by atoms with van der Waals surface area (Å²) in [5.41, 5.74) is 0.359. The maximum Gasteiger partial charge on any atom is 0.261 e. The van der Waals surface area contributed by atoms with Crippen LogP contribution >= 0.6 is 0 Å². The number of nitrogens with zero attached hydrogens (tertiary/aromatic N) is 4. The average Bonchev–Trinajstić information content (AvgIpc) is 3.38. The van der Waals surface area contributed by atoms with Crippen LogP contribution in [0.4, 0.5) is 5.95 Å². The lowest BCUT2D eigenvalue weighted by Crippen LogP contribution is -2.32. The summed E-state index contributed by atoms with van der Waals surface area (Å²) < 4.78 is 1.32. The van der Waals surface area contributed by atoms with E-state index in [9.17, 15) is 9.59 Å². The van der Waals surface area contributed by atoms with Gasteiger partial charge in [0.15, 0.2) is 0 Å². The minimum absolute atomic E-state index is 0.236. The van der Waals surface area contributed by atoms with E-state index >= 15 is 0 Å². The summed E-state index contributed by atoms with van der Waals surface area (Å²) in [5, 5.41) is 10.1. The van der Waals surface area contributed by atoms with Crippen LogP contribution in [0.1, 0.15) is 50.9 Å². The third-order valence-electron chi connectivity index (χ3n) is 5.52. The van der Waals surface area contributed by atoms with Crippen molar-refractivity contribution in [3.63, 3.8) is 0 Å². The smallest absolute Gasteiger partial charge is 0.261 e. The molecule has 0 radical (unpaired) electrons. The molecule has 28 heavy (non-hydrogen) atoms. The van der Waals surface area contributed by atoms with Crippen molar-refractivity contribution in [3.05, 3.63) is 46.8 Å². The maximum atomic E-state index is 12.6. The molecular weight excluding hydrogens is 356 g/mol. The van der Waals surface area contributed by atoms with Crippen LogP contribution in [0.25, 0.3) is 10.9 Å². The molecule has 2 N–H and O–H groups in total. The first-order valence-corrected chi connectivity index (χ1v) is 9.80. The molecule has 4 rings (SSSR count). The summed E-state index contributed by atoms with van der Waals surface area (Å²) in [7, 11) is 0. The number of amides is 1. The number of fused-ring (bicyclic) bond motifs is 1. The van der Waals surface area contributed by atoms with Gasteiger partial charge >= 0.3 is 0 Å². The number of carbonyl (C=O) groups excluding carboxylic acids is 1. The molecule has 0 saturated heterocycles. The first-order chi connectivity index (χ1) is 13.6. The molecule has 1 amide bonds. The minimum atomic E-state index is -0.731. The van der Waals surface area contributed by atoms with E-state index in [0.717, 1.165) is 24.6 Å². The van der Waals surface area contributed by atoms with Crippen molar-refractivity contribution >= 4 is 22.8 Å². The van der Waals surface area contributed by atoms with E-state index in [0.29, 0.717) is 10.9 Å². The van der Waals surface area contributed by atoms with E-state index in [-0.39, 0.29) is 17.4 Å². The normalized spacial score (nSPS) is 15.8. The standard InChI is InChI=1S/C20H24N6O2/c1-13(26-12-21-16-9-5-4-8-15(16)19(26)28)18(27)23-20-22-17(24-25-20)11-10-14-6-2-3-7-14/h4-5,8-9,12-14H,2-3,6-7,10-11H2,1H3,(H2,22,23,24,25,27). The highest BCUT2D eigenvalue weighted by Gasteiger charge is 2.20. The number of benzene rings is 1. The lowest BCUT2D eigenvalue weighted by atomic mass is 10.0. The van der Waals surface area contributed by atoms with Gasteiger partial charge < -0.3 is 0 Å². The molecule has 0 spiro atoms. The highest BCUT2D eigenvalue weighted by atomic mass is 16.2.